The molecule has 0 atom stereocenters. The minimum absolute atomic E-state index is 0.257. The van der Waals surface area contributed by atoms with Gasteiger partial charge in [-0.05, 0) is 67.1 Å². The van der Waals surface area contributed by atoms with Crippen LogP contribution in [0.2, 0.25) is 10.0 Å². The van der Waals surface area contributed by atoms with Crippen molar-refractivity contribution in [2.24, 2.45) is 5.10 Å². The largest absolute Gasteiger partial charge is 0.482 e. The summed E-state index contributed by atoms with van der Waals surface area (Å²) in [6, 6.07) is 18.6. The normalized spacial score (nSPS) is 10.7. The molecule has 158 valence electrons. The van der Waals surface area contributed by atoms with E-state index in [4.69, 9.17) is 32.7 Å². The molecule has 0 radical (unpaired) electrons. The quantitative estimate of drug-likeness (QED) is 0.233. The van der Waals surface area contributed by atoms with E-state index in [0.29, 0.717) is 32.7 Å². The van der Waals surface area contributed by atoms with Crippen molar-refractivity contribution < 1.29 is 19.1 Å². The van der Waals surface area contributed by atoms with Gasteiger partial charge < -0.3 is 9.47 Å². The van der Waals surface area contributed by atoms with E-state index in [1.54, 1.807) is 54.6 Å². The molecular weight excluding hydrogens is 439 g/mol. The Hall–Kier alpha value is -3.35. The summed E-state index contributed by atoms with van der Waals surface area (Å²) in [6.07, 6.45) is 1.46. The molecule has 1 N–H and O–H groups in total. The fourth-order valence-electron chi connectivity index (χ4n) is 2.51. The highest BCUT2D eigenvalue weighted by molar-refractivity contribution is 6.35. The number of benzene rings is 3. The Morgan fingerprint density at radius 2 is 1.81 bits per heavy atom. The smallest absolute Gasteiger partial charge is 0.343 e. The number of hydrazone groups is 1. The van der Waals surface area contributed by atoms with Gasteiger partial charge in [-0.2, -0.15) is 5.10 Å². The highest BCUT2D eigenvalue weighted by Crippen LogP contribution is 2.27. The van der Waals surface area contributed by atoms with Gasteiger partial charge in [0.15, 0.2) is 6.61 Å². The van der Waals surface area contributed by atoms with E-state index in [9.17, 15) is 9.59 Å². The van der Waals surface area contributed by atoms with Crippen molar-refractivity contribution in [3.63, 3.8) is 0 Å². The highest BCUT2D eigenvalue weighted by Gasteiger charge is 2.09. The number of esters is 1. The van der Waals surface area contributed by atoms with Crippen molar-refractivity contribution in [1.82, 2.24) is 5.43 Å². The molecule has 0 fully saturated rings. The first-order valence-corrected chi connectivity index (χ1v) is 9.95. The summed E-state index contributed by atoms with van der Waals surface area (Å²) in [6.45, 7) is 1.65. The predicted octanol–water partition coefficient (Wildman–Crippen LogP) is 5.05. The maximum atomic E-state index is 12.2. The van der Waals surface area contributed by atoms with Crippen LogP contribution in [0.4, 0.5) is 0 Å². The number of nitrogens with zero attached hydrogens (tertiary/aromatic N) is 1. The first kappa shape index (κ1) is 22.3. The number of amides is 1. The Bertz CT molecular complexity index is 1110. The summed E-state index contributed by atoms with van der Waals surface area (Å²) >= 11 is 11.8. The molecule has 31 heavy (non-hydrogen) atoms. The molecule has 0 aliphatic rings. The Morgan fingerprint density at radius 1 is 1.03 bits per heavy atom. The van der Waals surface area contributed by atoms with Crippen molar-refractivity contribution in [2.45, 2.75) is 6.92 Å². The average molecular weight is 457 g/mol. The fourth-order valence-corrected chi connectivity index (χ4v) is 2.97. The minimum atomic E-state index is -0.453. The Balaban J connectivity index is 1.47. The summed E-state index contributed by atoms with van der Waals surface area (Å²) in [5, 5.41) is 4.66. The summed E-state index contributed by atoms with van der Waals surface area (Å²) in [7, 11) is 0. The molecule has 0 aromatic heterocycles. The topological polar surface area (TPSA) is 77.0 Å². The average Bonchev–Trinajstić information content (AvgIpc) is 2.74. The molecule has 0 spiro atoms. The lowest BCUT2D eigenvalue weighted by atomic mass is 10.1. The molecule has 1 amide bonds. The molecule has 6 nitrogen and oxygen atoms in total. The fraction of sp³-hybridized carbons (Fsp3) is 0.0870. The number of carbonyl (C=O) groups excluding carboxylic acids is 2. The van der Waals surface area contributed by atoms with Gasteiger partial charge >= 0.3 is 5.97 Å². The molecule has 8 heteroatoms. The number of nitrogens with one attached hydrogen (secondary N) is 1. The van der Waals surface area contributed by atoms with Crippen LogP contribution in [0.15, 0.2) is 71.8 Å². The molecule has 3 rings (SSSR count). The van der Waals surface area contributed by atoms with Crippen LogP contribution in [0.1, 0.15) is 21.5 Å². The van der Waals surface area contributed by atoms with E-state index >= 15 is 0 Å². The number of aryl methyl sites for hydroxylation is 1. The van der Waals surface area contributed by atoms with Crippen LogP contribution in [0.5, 0.6) is 11.5 Å². The maximum Gasteiger partial charge on any atom is 0.343 e. The van der Waals surface area contributed by atoms with Crippen molar-refractivity contribution in [1.29, 1.82) is 0 Å². The van der Waals surface area contributed by atoms with Gasteiger partial charge in [0.05, 0.1) is 16.8 Å². The lowest BCUT2D eigenvalue weighted by Gasteiger charge is -2.07. The third-order valence-corrected chi connectivity index (χ3v) is 4.53. The number of halogens is 2. The van der Waals surface area contributed by atoms with Gasteiger partial charge in [0.2, 0.25) is 0 Å². The SMILES string of the molecule is Cc1cccc(C(=O)Oc2ccc(C=NNC(=O)COc3ccc(Cl)cc3Cl)cc2)c1. The maximum absolute atomic E-state index is 12.2. The van der Waals surface area contributed by atoms with Gasteiger partial charge in [-0.3, -0.25) is 4.79 Å². The van der Waals surface area contributed by atoms with Crippen LogP contribution in [0.3, 0.4) is 0 Å². The summed E-state index contributed by atoms with van der Waals surface area (Å²) in [5.41, 5.74) is 4.52. The summed E-state index contributed by atoms with van der Waals surface area (Å²) in [5.74, 6) is -0.133. The molecule has 0 aliphatic carbocycles. The monoisotopic (exact) mass is 456 g/mol. The Kier molecular flexibility index (Phi) is 7.65. The van der Waals surface area contributed by atoms with E-state index in [-0.39, 0.29) is 6.61 Å². The standard InChI is InChI=1S/C23H18Cl2N2O4/c1-15-3-2-4-17(11-15)23(29)31-19-8-5-16(6-9-19)13-26-27-22(28)14-30-21-10-7-18(24)12-20(21)25/h2-13H,14H2,1H3,(H,27,28). The van der Waals surface area contributed by atoms with Crippen LogP contribution in [-0.2, 0) is 4.79 Å². The zero-order valence-corrected chi connectivity index (χ0v) is 18.0. The van der Waals surface area contributed by atoms with Crippen molar-refractivity contribution in [3.8, 4) is 11.5 Å². The Morgan fingerprint density at radius 3 is 2.52 bits per heavy atom. The Labute approximate surface area is 189 Å². The zero-order valence-electron chi connectivity index (χ0n) is 16.5. The first-order valence-electron chi connectivity index (χ1n) is 9.19. The molecule has 0 bridgehead atoms. The second-order valence-electron chi connectivity index (χ2n) is 6.48. The van der Waals surface area contributed by atoms with E-state index in [1.165, 1.54) is 12.3 Å². The van der Waals surface area contributed by atoms with Gasteiger partial charge in [0.25, 0.3) is 5.91 Å². The molecule has 0 saturated carbocycles. The molecular formula is C23H18Cl2N2O4. The van der Waals surface area contributed by atoms with Crippen LogP contribution < -0.4 is 14.9 Å². The molecule has 0 aliphatic heterocycles. The van der Waals surface area contributed by atoms with Gasteiger partial charge in [0, 0.05) is 5.02 Å². The van der Waals surface area contributed by atoms with Gasteiger partial charge in [-0.25, -0.2) is 10.2 Å². The third kappa shape index (κ3) is 6.84. The number of ether oxygens (including phenoxy) is 2. The number of hydrogen-bond acceptors (Lipinski definition) is 5. The number of hydrogen-bond donors (Lipinski definition) is 1. The predicted molar refractivity (Wildman–Crippen MR) is 120 cm³/mol. The molecule has 0 saturated heterocycles. The van der Waals surface area contributed by atoms with Crippen LogP contribution in [0, 0.1) is 6.92 Å². The van der Waals surface area contributed by atoms with E-state index < -0.39 is 11.9 Å². The van der Waals surface area contributed by atoms with E-state index in [1.807, 2.05) is 13.0 Å². The van der Waals surface area contributed by atoms with Gasteiger partial charge in [-0.1, -0.05) is 40.9 Å². The van der Waals surface area contributed by atoms with E-state index in [2.05, 4.69) is 10.5 Å². The molecule has 3 aromatic rings. The van der Waals surface area contributed by atoms with Crippen LogP contribution in [0.25, 0.3) is 0 Å². The summed E-state index contributed by atoms with van der Waals surface area (Å²) < 4.78 is 10.7. The molecule has 3 aromatic carbocycles. The minimum Gasteiger partial charge on any atom is -0.482 e. The lowest BCUT2D eigenvalue weighted by Crippen LogP contribution is -2.24. The van der Waals surface area contributed by atoms with E-state index in [0.717, 1.165) is 5.56 Å². The first-order chi connectivity index (χ1) is 14.9. The number of carbonyl (C=O) groups is 2. The third-order valence-electron chi connectivity index (χ3n) is 4.00. The lowest BCUT2D eigenvalue weighted by molar-refractivity contribution is -0.123. The zero-order chi connectivity index (χ0) is 22.2. The second kappa shape index (κ2) is 10.6. The summed E-state index contributed by atoms with van der Waals surface area (Å²) in [4.78, 5) is 24.0. The highest BCUT2D eigenvalue weighted by atomic mass is 35.5. The second-order valence-corrected chi connectivity index (χ2v) is 7.33. The van der Waals surface area contributed by atoms with Crippen molar-refractivity contribution in [3.05, 3.63) is 93.5 Å². The van der Waals surface area contributed by atoms with Crippen molar-refractivity contribution in [2.75, 3.05) is 6.61 Å². The molecule has 0 heterocycles. The number of rotatable bonds is 7. The molecule has 0 unspecified atom stereocenters. The van der Waals surface area contributed by atoms with Crippen molar-refractivity contribution >= 4 is 41.3 Å². The van der Waals surface area contributed by atoms with Gasteiger partial charge in [-0.15, -0.1) is 0 Å². The van der Waals surface area contributed by atoms with Crippen LogP contribution >= 0.6 is 23.2 Å². The van der Waals surface area contributed by atoms with Gasteiger partial charge in [0.1, 0.15) is 11.5 Å². The van der Waals surface area contributed by atoms with Crippen LogP contribution in [-0.4, -0.2) is 24.7 Å².